The maximum Gasteiger partial charge on any atom is 0.175 e. The smallest absolute Gasteiger partial charge is 0.175 e. The third-order valence-electron chi connectivity index (χ3n) is 2.80. The van der Waals surface area contributed by atoms with Gasteiger partial charge in [-0.1, -0.05) is 13.8 Å². The molecule has 4 heteroatoms. The molecule has 1 aliphatic rings. The molecular weight excluding hydrogens is 284 g/mol. The van der Waals surface area contributed by atoms with Crippen molar-refractivity contribution in [2.24, 2.45) is 5.92 Å². The van der Waals surface area contributed by atoms with Crippen LogP contribution in [0.25, 0.3) is 0 Å². The summed E-state index contributed by atoms with van der Waals surface area (Å²) in [6.45, 7) is 5.29. The van der Waals surface area contributed by atoms with Crippen molar-refractivity contribution in [1.82, 2.24) is 0 Å². The van der Waals surface area contributed by atoms with Crippen LogP contribution in [0.5, 0.6) is 11.5 Å². The van der Waals surface area contributed by atoms with Crippen LogP contribution in [0.15, 0.2) is 16.6 Å². The van der Waals surface area contributed by atoms with E-state index in [9.17, 15) is 5.11 Å². The summed E-state index contributed by atoms with van der Waals surface area (Å²) in [4.78, 5) is 0. The zero-order valence-corrected chi connectivity index (χ0v) is 11.7. The van der Waals surface area contributed by atoms with Gasteiger partial charge in [0, 0.05) is 6.42 Å². The molecule has 0 radical (unpaired) electrons. The summed E-state index contributed by atoms with van der Waals surface area (Å²) in [5.74, 6) is 1.63. The number of fused-ring (bicyclic) bond motifs is 1. The van der Waals surface area contributed by atoms with Gasteiger partial charge in [-0.2, -0.15) is 0 Å². The van der Waals surface area contributed by atoms with Crippen LogP contribution in [-0.2, 0) is 0 Å². The van der Waals surface area contributed by atoms with E-state index in [1.165, 1.54) is 0 Å². The largest absolute Gasteiger partial charge is 0.490 e. The van der Waals surface area contributed by atoms with Gasteiger partial charge < -0.3 is 14.6 Å². The molecule has 1 aromatic carbocycles. The van der Waals surface area contributed by atoms with Gasteiger partial charge in [-0.15, -0.1) is 0 Å². The summed E-state index contributed by atoms with van der Waals surface area (Å²) in [7, 11) is 0. The molecule has 0 saturated carbocycles. The maximum absolute atomic E-state index is 10.1. The Bertz CT molecular complexity index is 404. The van der Waals surface area contributed by atoms with Crippen molar-refractivity contribution in [2.75, 3.05) is 13.2 Å². The standard InChI is InChI=1S/C13H17BrO3/c1-8(2)12(15)9-6-10(14)13-11(7-9)16-4-3-5-17-13/h6-8,12,15H,3-5H2,1-2H3. The minimum absolute atomic E-state index is 0.173. The van der Waals surface area contributed by atoms with Crippen LogP contribution in [0.3, 0.4) is 0 Å². The maximum atomic E-state index is 10.1. The topological polar surface area (TPSA) is 38.7 Å². The average Bonchev–Trinajstić information content (AvgIpc) is 2.53. The Hall–Kier alpha value is -0.740. The van der Waals surface area contributed by atoms with E-state index in [4.69, 9.17) is 9.47 Å². The number of rotatable bonds is 2. The summed E-state index contributed by atoms with van der Waals surface area (Å²) in [5.41, 5.74) is 0.858. The fraction of sp³-hybridized carbons (Fsp3) is 0.538. The van der Waals surface area contributed by atoms with Gasteiger partial charge in [0.1, 0.15) is 0 Å². The molecule has 1 heterocycles. The van der Waals surface area contributed by atoms with Crippen LogP contribution in [0.2, 0.25) is 0 Å². The first-order chi connectivity index (χ1) is 8.09. The molecule has 1 aliphatic heterocycles. The lowest BCUT2D eigenvalue weighted by atomic mass is 9.99. The highest BCUT2D eigenvalue weighted by atomic mass is 79.9. The number of benzene rings is 1. The number of halogens is 1. The molecule has 0 bridgehead atoms. The first-order valence-corrected chi connectivity index (χ1v) is 6.66. The van der Waals surface area contributed by atoms with Gasteiger partial charge >= 0.3 is 0 Å². The Morgan fingerprint density at radius 2 is 1.94 bits per heavy atom. The number of aliphatic hydroxyl groups is 1. The third-order valence-corrected chi connectivity index (χ3v) is 3.39. The Morgan fingerprint density at radius 3 is 2.65 bits per heavy atom. The molecule has 1 aromatic rings. The van der Waals surface area contributed by atoms with Crippen molar-refractivity contribution < 1.29 is 14.6 Å². The molecule has 3 nitrogen and oxygen atoms in total. The van der Waals surface area contributed by atoms with E-state index in [-0.39, 0.29) is 5.92 Å². The fourth-order valence-electron chi connectivity index (χ4n) is 1.81. The van der Waals surface area contributed by atoms with Crippen molar-refractivity contribution >= 4 is 15.9 Å². The molecule has 1 atom stereocenters. The van der Waals surface area contributed by atoms with Crippen LogP contribution in [0.4, 0.5) is 0 Å². The minimum Gasteiger partial charge on any atom is -0.490 e. The van der Waals surface area contributed by atoms with E-state index in [0.717, 1.165) is 22.2 Å². The Labute approximate surface area is 110 Å². The summed E-state index contributed by atoms with van der Waals surface area (Å²) in [6.07, 6.45) is 0.395. The zero-order chi connectivity index (χ0) is 12.4. The van der Waals surface area contributed by atoms with E-state index in [2.05, 4.69) is 15.9 Å². The molecule has 1 N–H and O–H groups in total. The van der Waals surface area contributed by atoms with Crippen molar-refractivity contribution in [2.45, 2.75) is 26.4 Å². The first kappa shape index (κ1) is 12.7. The summed E-state index contributed by atoms with van der Waals surface area (Å²) in [6, 6.07) is 3.77. The highest BCUT2D eigenvalue weighted by molar-refractivity contribution is 9.10. The number of hydrogen-bond donors (Lipinski definition) is 1. The van der Waals surface area contributed by atoms with Gasteiger partial charge in [-0.3, -0.25) is 0 Å². The molecular formula is C13H17BrO3. The van der Waals surface area contributed by atoms with Gasteiger partial charge in [0.05, 0.1) is 23.8 Å². The molecule has 94 valence electrons. The number of aliphatic hydroxyl groups excluding tert-OH is 1. The normalized spacial score (nSPS) is 16.8. The molecule has 17 heavy (non-hydrogen) atoms. The fourth-order valence-corrected chi connectivity index (χ4v) is 2.38. The van der Waals surface area contributed by atoms with Gasteiger partial charge in [0.2, 0.25) is 0 Å². The average molecular weight is 301 g/mol. The Morgan fingerprint density at radius 1 is 1.24 bits per heavy atom. The van der Waals surface area contributed by atoms with Gasteiger partial charge in [0.15, 0.2) is 11.5 Å². The predicted octanol–water partition coefficient (Wildman–Crippen LogP) is 3.30. The van der Waals surface area contributed by atoms with E-state index in [1.807, 2.05) is 26.0 Å². The lowest BCUT2D eigenvalue weighted by molar-refractivity contribution is 0.126. The first-order valence-electron chi connectivity index (χ1n) is 5.86. The van der Waals surface area contributed by atoms with Gasteiger partial charge in [-0.25, -0.2) is 0 Å². The lowest BCUT2D eigenvalue weighted by Gasteiger charge is -2.18. The van der Waals surface area contributed by atoms with Crippen LogP contribution in [0, 0.1) is 5.92 Å². The molecule has 0 fully saturated rings. The van der Waals surface area contributed by atoms with Crippen molar-refractivity contribution in [3.8, 4) is 11.5 Å². The predicted molar refractivity (Wildman–Crippen MR) is 69.5 cm³/mol. The Kier molecular flexibility index (Phi) is 3.94. The molecule has 1 unspecified atom stereocenters. The molecule has 0 aromatic heterocycles. The molecule has 0 spiro atoms. The van der Waals surface area contributed by atoms with Crippen molar-refractivity contribution in [3.63, 3.8) is 0 Å². The number of hydrogen-bond acceptors (Lipinski definition) is 3. The van der Waals surface area contributed by atoms with E-state index in [1.54, 1.807) is 0 Å². The van der Waals surface area contributed by atoms with Gasteiger partial charge in [0.25, 0.3) is 0 Å². The van der Waals surface area contributed by atoms with Crippen molar-refractivity contribution in [3.05, 3.63) is 22.2 Å². The van der Waals surface area contributed by atoms with Crippen LogP contribution >= 0.6 is 15.9 Å². The Balaban J connectivity index is 2.38. The zero-order valence-electron chi connectivity index (χ0n) is 10.1. The van der Waals surface area contributed by atoms with E-state index < -0.39 is 6.10 Å². The van der Waals surface area contributed by atoms with Crippen LogP contribution in [0.1, 0.15) is 31.9 Å². The quantitative estimate of drug-likeness (QED) is 0.911. The molecule has 2 rings (SSSR count). The SMILES string of the molecule is CC(C)C(O)c1cc(Br)c2c(c1)OCCCO2. The van der Waals surface area contributed by atoms with Crippen molar-refractivity contribution in [1.29, 1.82) is 0 Å². The molecule has 0 saturated heterocycles. The number of ether oxygens (including phenoxy) is 2. The highest BCUT2D eigenvalue weighted by Gasteiger charge is 2.19. The van der Waals surface area contributed by atoms with Crippen LogP contribution in [-0.4, -0.2) is 18.3 Å². The lowest BCUT2D eigenvalue weighted by Crippen LogP contribution is -2.06. The monoisotopic (exact) mass is 300 g/mol. The van der Waals surface area contributed by atoms with Crippen LogP contribution < -0.4 is 9.47 Å². The molecule has 0 amide bonds. The summed E-state index contributed by atoms with van der Waals surface area (Å²) in [5, 5.41) is 10.1. The van der Waals surface area contributed by atoms with Gasteiger partial charge in [-0.05, 0) is 39.5 Å². The van der Waals surface area contributed by atoms with E-state index >= 15 is 0 Å². The minimum atomic E-state index is -0.483. The second kappa shape index (κ2) is 5.27. The molecule has 0 aliphatic carbocycles. The second-order valence-corrected chi connectivity index (χ2v) is 5.42. The third kappa shape index (κ3) is 2.75. The van der Waals surface area contributed by atoms with E-state index in [0.29, 0.717) is 19.0 Å². The second-order valence-electron chi connectivity index (χ2n) is 4.57. The highest BCUT2D eigenvalue weighted by Crippen LogP contribution is 2.40. The summed E-state index contributed by atoms with van der Waals surface area (Å²) >= 11 is 3.47. The summed E-state index contributed by atoms with van der Waals surface area (Å²) < 4.78 is 12.1.